The van der Waals surface area contributed by atoms with E-state index in [4.69, 9.17) is 4.74 Å². The SMILES string of the molecule is CCN1C(=O)CN(C)c2cc(NC3CC(Oc4cc(F)c(F)c(F)c4)C3)ncc21. The second-order valence-corrected chi connectivity index (χ2v) is 7.31. The molecule has 1 amide bonds. The van der Waals surface area contributed by atoms with Crippen molar-refractivity contribution >= 4 is 23.1 Å². The van der Waals surface area contributed by atoms with Crippen molar-refractivity contribution in [1.29, 1.82) is 0 Å². The highest BCUT2D eigenvalue weighted by Gasteiger charge is 2.32. The Labute approximate surface area is 166 Å². The fourth-order valence-corrected chi connectivity index (χ4v) is 3.67. The number of halogens is 3. The van der Waals surface area contributed by atoms with Crippen LogP contribution in [0.5, 0.6) is 5.75 Å². The van der Waals surface area contributed by atoms with Gasteiger partial charge in [0.1, 0.15) is 17.7 Å². The highest BCUT2D eigenvalue weighted by molar-refractivity contribution is 6.03. The van der Waals surface area contributed by atoms with Gasteiger partial charge in [-0.15, -0.1) is 0 Å². The zero-order valence-electron chi connectivity index (χ0n) is 16.1. The van der Waals surface area contributed by atoms with E-state index in [9.17, 15) is 18.0 Å². The van der Waals surface area contributed by atoms with Gasteiger partial charge in [-0.25, -0.2) is 18.2 Å². The smallest absolute Gasteiger partial charge is 0.246 e. The third kappa shape index (κ3) is 3.68. The summed E-state index contributed by atoms with van der Waals surface area (Å²) in [4.78, 5) is 20.1. The first-order valence-electron chi connectivity index (χ1n) is 9.45. The first-order valence-corrected chi connectivity index (χ1v) is 9.45. The minimum absolute atomic E-state index is 0.0253. The Morgan fingerprint density at radius 2 is 1.86 bits per heavy atom. The van der Waals surface area contributed by atoms with Gasteiger partial charge in [0, 0.05) is 50.7 Å². The van der Waals surface area contributed by atoms with Crippen molar-refractivity contribution in [2.75, 3.05) is 35.3 Å². The highest BCUT2D eigenvalue weighted by atomic mass is 19.2. The van der Waals surface area contributed by atoms with Gasteiger partial charge in [0.2, 0.25) is 5.91 Å². The number of hydrogen-bond donors (Lipinski definition) is 1. The number of nitrogens with zero attached hydrogens (tertiary/aromatic N) is 3. The van der Waals surface area contributed by atoms with E-state index in [1.54, 1.807) is 11.1 Å². The van der Waals surface area contributed by atoms with E-state index >= 15 is 0 Å². The minimum Gasteiger partial charge on any atom is -0.490 e. The van der Waals surface area contributed by atoms with Crippen LogP contribution in [0, 0.1) is 17.5 Å². The van der Waals surface area contributed by atoms with Gasteiger partial charge in [0.05, 0.1) is 24.1 Å². The molecule has 4 rings (SSSR count). The lowest BCUT2D eigenvalue weighted by atomic mass is 9.89. The van der Waals surface area contributed by atoms with Crippen molar-refractivity contribution in [1.82, 2.24) is 4.98 Å². The maximum absolute atomic E-state index is 13.3. The van der Waals surface area contributed by atoms with Crippen LogP contribution in [0.3, 0.4) is 0 Å². The van der Waals surface area contributed by atoms with Crippen LogP contribution in [0.4, 0.5) is 30.4 Å². The molecule has 9 heteroatoms. The molecule has 29 heavy (non-hydrogen) atoms. The molecule has 1 saturated carbocycles. The van der Waals surface area contributed by atoms with Gasteiger partial charge in [-0.2, -0.15) is 0 Å². The van der Waals surface area contributed by atoms with E-state index in [-0.39, 0.29) is 23.8 Å². The van der Waals surface area contributed by atoms with Gasteiger partial charge < -0.3 is 19.9 Å². The summed E-state index contributed by atoms with van der Waals surface area (Å²) in [6, 6.07) is 3.70. The lowest BCUT2D eigenvalue weighted by Crippen LogP contribution is -2.44. The largest absolute Gasteiger partial charge is 0.490 e. The number of rotatable bonds is 5. The molecule has 0 atom stereocenters. The van der Waals surface area contributed by atoms with E-state index < -0.39 is 17.5 Å². The van der Waals surface area contributed by atoms with E-state index in [0.717, 1.165) is 23.5 Å². The average Bonchev–Trinajstić information content (AvgIpc) is 2.65. The van der Waals surface area contributed by atoms with Gasteiger partial charge in [-0.3, -0.25) is 4.79 Å². The molecular formula is C20H21F3N4O2. The van der Waals surface area contributed by atoms with Crippen LogP contribution in [0.15, 0.2) is 24.4 Å². The number of anilines is 3. The summed E-state index contributed by atoms with van der Waals surface area (Å²) >= 11 is 0. The third-order valence-electron chi connectivity index (χ3n) is 5.26. The van der Waals surface area contributed by atoms with Crippen LogP contribution < -0.4 is 19.9 Å². The molecule has 0 saturated heterocycles. The number of nitrogens with one attached hydrogen (secondary N) is 1. The van der Waals surface area contributed by atoms with E-state index in [0.29, 0.717) is 31.7 Å². The van der Waals surface area contributed by atoms with Crippen LogP contribution in [-0.2, 0) is 4.79 Å². The van der Waals surface area contributed by atoms with Gasteiger partial charge in [0.25, 0.3) is 0 Å². The Morgan fingerprint density at radius 1 is 1.17 bits per heavy atom. The maximum Gasteiger partial charge on any atom is 0.246 e. The number of likely N-dealkylation sites (N-methyl/N-ethyl adjacent to an activating group) is 2. The number of amides is 1. The van der Waals surface area contributed by atoms with Gasteiger partial charge in [0.15, 0.2) is 17.5 Å². The molecule has 2 aromatic rings. The lowest BCUT2D eigenvalue weighted by Gasteiger charge is -2.37. The summed E-state index contributed by atoms with van der Waals surface area (Å²) in [6.07, 6.45) is 2.71. The molecule has 1 fully saturated rings. The second kappa shape index (κ2) is 7.46. The number of pyridine rings is 1. The van der Waals surface area contributed by atoms with Crippen LogP contribution in [-0.4, -0.2) is 43.2 Å². The lowest BCUT2D eigenvalue weighted by molar-refractivity contribution is -0.117. The van der Waals surface area contributed by atoms with Gasteiger partial charge in [-0.05, 0) is 6.92 Å². The van der Waals surface area contributed by atoms with Gasteiger partial charge >= 0.3 is 0 Å². The summed E-state index contributed by atoms with van der Waals surface area (Å²) in [7, 11) is 1.86. The number of carbonyl (C=O) groups is 1. The third-order valence-corrected chi connectivity index (χ3v) is 5.26. The zero-order valence-corrected chi connectivity index (χ0v) is 16.1. The number of benzene rings is 1. The number of fused-ring (bicyclic) bond motifs is 1. The Hall–Kier alpha value is -2.97. The van der Waals surface area contributed by atoms with Crippen LogP contribution in [0.1, 0.15) is 19.8 Å². The minimum atomic E-state index is -1.50. The molecule has 0 bridgehead atoms. The van der Waals surface area contributed by atoms with Crippen molar-refractivity contribution < 1.29 is 22.7 Å². The second-order valence-electron chi connectivity index (χ2n) is 7.31. The number of aromatic nitrogens is 1. The number of hydrogen-bond acceptors (Lipinski definition) is 5. The zero-order chi connectivity index (χ0) is 20.7. The number of carbonyl (C=O) groups excluding carboxylic acids is 1. The molecule has 1 aromatic carbocycles. The average molecular weight is 406 g/mol. The summed E-state index contributed by atoms with van der Waals surface area (Å²) in [6.45, 7) is 2.82. The Kier molecular flexibility index (Phi) is 4.97. The summed E-state index contributed by atoms with van der Waals surface area (Å²) in [5.74, 6) is -3.34. The molecule has 2 aliphatic rings. The Bertz CT molecular complexity index is 926. The molecular weight excluding hydrogens is 385 g/mol. The molecule has 0 radical (unpaired) electrons. The molecule has 1 aliphatic heterocycles. The van der Waals surface area contributed by atoms with Gasteiger partial charge in [-0.1, -0.05) is 0 Å². The van der Waals surface area contributed by atoms with Crippen LogP contribution in [0.25, 0.3) is 0 Å². The van der Waals surface area contributed by atoms with E-state index in [1.807, 2.05) is 24.9 Å². The normalized spacial score (nSPS) is 20.9. The highest BCUT2D eigenvalue weighted by Crippen LogP contribution is 2.35. The molecule has 6 nitrogen and oxygen atoms in total. The molecule has 1 aliphatic carbocycles. The topological polar surface area (TPSA) is 57.7 Å². The number of ether oxygens (including phenoxy) is 1. The van der Waals surface area contributed by atoms with E-state index in [2.05, 4.69) is 10.3 Å². The van der Waals surface area contributed by atoms with Crippen molar-refractivity contribution in [3.05, 3.63) is 41.8 Å². The molecule has 0 unspecified atom stereocenters. The molecule has 0 spiro atoms. The first kappa shape index (κ1) is 19.4. The summed E-state index contributed by atoms with van der Waals surface area (Å²) in [5, 5.41) is 3.31. The van der Waals surface area contributed by atoms with Crippen molar-refractivity contribution in [3.8, 4) is 5.75 Å². The summed E-state index contributed by atoms with van der Waals surface area (Å²) in [5.41, 5.74) is 1.71. The predicted molar refractivity (Wildman–Crippen MR) is 103 cm³/mol. The monoisotopic (exact) mass is 406 g/mol. The predicted octanol–water partition coefficient (Wildman–Crippen LogP) is 3.32. The standard InChI is InChI=1S/C20H21F3N4O2/c1-3-27-17-9-24-18(8-16(17)26(2)10-19(27)28)25-11-4-12(5-11)29-13-6-14(21)20(23)15(22)7-13/h6-9,11-12H,3-5,10H2,1-2H3,(H,24,25). The van der Waals surface area contributed by atoms with Crippen LogP contribution >= 0.6 is 0 Å². The van der Waals surface area contributed by atoms with Crippen molar-refractivity contribution in [2.24, 2.45) is 0 Å². The molecule has 1 aromatic heterocycles. The first-order chi connectivity index (χ1) is 13.9. The Morgan fingerprint density at radius 3 is 2.52 bits per heavy atom. The fraction of sp³-hybridized carbons (Fsp3) is 0.400. The molecule has 2 heterocycles. The maximum atomic E-state index is 13.3. The van der Waals surface area contributed by atoms with Crippen LogP contribution in [0.2, 0.25) is 0 Å². The van der Waals surface area contributed by atoms with E-state index in [1.165, 1.54) is 0 Å². The molecule has 1 N–H and O–H groups in total. The fourth-order valence-electron chi connectivity index (χ4n) is 3.67. The molecule has 154 valence electrons. The Balaban J connectivity index is 1.37. The van der Waals surface area contributed by atoms with Crippen molar-refractivity contribution in [2.45, 2.75) is 31.9 Å². The van der Waals surface area contributed by atoms with Crippen molar-refractivity contribution in [3.63, 3.8) is 0 Å². The quantitative estimate of drug-likeness (QED) is 0.772. The summed E-state index contributed by atoms with van der Waals surface area (Å²) < 4.78 is 45.1.